The van der Waals surface area contributed by atoms with Gasteiger partial charge in [0.25, 0.3) is 17.7 Å². The van der Waals surface area contributed by atoms with E-state index in [4.69, 9.17) is 4.74 Å². The van der Waals surface area contributed by atoms with Crippen molar-refractivity contribution in [1.29, 1.82) is 0 Å². The van der Waals surface area contributed by atoms with Gasteiger partial charge in [0, 0.05) is 12.6 Å². The molecule has 1 aromatic carbocycles. The van der Waals surface area contributed by atoms with Crippen LogP contribution >= 0.6 is 0 Å². The number of carbonyl (C=O) groups is 5. The second kappa shape index (κ2) is 9.92. The van der Waals surface area contributed by atoms with Gasteiger partial charge in [0.15, 0.2) is 6.61 Å². The molecule has 0 atom stereocenters. The number of esters is 1. The molecule has 3 N–H and O–H groups in total. The molecule has 0 unspecified atom stereocenters. The molecule has 10 nitrogen and oxygen atoms in total. The normalized spacial score (nSPS) is 22.2. The minimum atomic E-state index is -1.04. The zero-order valence-electron chi connectivity index (χ0n) is 17.9. The topological polar surface area (TPSA) is 134 Å². The van der Waals surface area contributed by atoms with Gasteiger partial charge < -0.3 is 15.4 Å². The molecule has 1 saturated heterocycles. The molecule has 1 saturated carbocycles. The Bertz CT molecular complexity index is 978. The van der Waals surface area contributed by atoms with E-state index in [0.717, 1.165) is 25.0 Å². The molecule has 0 bridgehead atoms. The van der Waals surface area contributed by atoms with Crippen LogP contribution in [0.15, 0.2) is 18.2 Å². The quantitative estimate of drug-likeness (QED) is 0.408. The average Bonchev–Trinajstić information content (AvgIpc) is 2.98. The van der Waals surface area contributed by atoms with E-state index in [1.807, 2.05) is 0 Å². The maximum absolute atomic E-state index is 13.6. The number of hydrazine groups is 1. The van der Waals surface area contributed by atoms with Crippen molar-refractivity contribution in [2.75, 3.05) is 13.2 Å². The molecule has 178 valence electrons. The van der Waals surface area contributed by atoms with Crippen molar-refractivity contribution < 1.29 is 37.5 Å². The lowest BCUT2D eigenvalue weighted by molar-refractivity contribution is -0.150. The number of halogens is 2. The molecule has 2 fully saturated rings. The average molecular weight is 466 g/mol. The Balaban J connectivity index is 1.40. The first-order valence-corrected chi connectivity index (χ1v) is 10.5. The first kappa shape index (κ1) is 24.1. The highest BCUT2D eigenvalue weighted by Gasteiger charge is 2.52. The molecule has 12 heteroatoms. The molecule has 0 radical (unpaired) electrons. The first-order chi connectivity index (χ1) is 15.6. The first-order valence-electron chi connectivity index (χ1n) is 10.5. The van der Waals surface area contributed by atoms with Gasteiger partial charge in [0.05, 0.1) is 12.0 Å². The van der Waals surface area contributed by atoms with Crippen LogP contribution in [0, 0.1) is 17.6 Å². The lowest BCUT2D eigenvalue weighted by Crippen LogP contribution is -2.52. The second-order valence-corrected chi connectivity index (χ2v) is 8.16. The highest BCUT2D eigenvalue weighted by atomic mass is 19.1. The van der Waals surface area contributed by atoms with Gasteiger partial charge in [-0.3, -0.25) is 24.6 Å². The highest BCUT2D eigenvalue weighted by molar-refractivity contribution is 6.08. The molecular formula is C21H24F2N4O6. The molecule has 3 rings (SSSR count). The number of ether oxygens (including phenoxy) is 1. The SMILES string of the molecule is CC1CCC2(CC1)NC(=O)N(NC(=O)COC(=O)CCNC(=O)c1ccc(F)cc1F)C2=O. The van der Waals surface area contributed by atoms with Crippen molar-refractivity contribution in [3.05, 3.63) is 35.4 Å². The van der Waals surface area contributed by atoms with Gasteiger partial charge in [-0.05, 0) is 43.7 Å². The largest absolute Gasteiger partial charge is 0.455 e. The third kappa shape index (κ3) is 5.62. The fraction of sp³-hybridized carbons (Fsp3) is 0.476. The van der Waals surface area contributed by atoms with Gasteiger partial charge in [-0.1, -0.05) is 6.92 Å². The van der Waals surface area contributed by atoms with E-state index in [9.17, 15) is 32.8 Å². The summed E-state index contributed by atoms with van der Waals surface area (Å²) in [5.74, 6) is -4.55. The van der Waals surface area contributed by atoms with Gasteiger partial charge in [-0.15, -0.1) is 0 Å². The van der Waals surface area contributed by atoms with Crippen LogP contribution in [0.3, 0.4) is 0 Å². The van der Waals surface area contributed by atoms with Crippen molar-refractivity contribution in [3.63, 3.8) is 0 Å². The summed E-state index contributed by atoms with van der Waals surface area (Å²) in [5.41, 5.74) is 0.732. The third-order valence-corrected chi connectivity index (χ3v) is 5.68. The predicted molar refractivity (Wildman–Crippen MR) is 108 cm³/mol. The van der Waals surface area contributed by atoms with E-state index in [0.29, 0.717) is 29.8 Å². The number of imide groups is 1. The summed E-state index contributed by atoms with van der Waals surface area (Å²) < 4.78 is 31.2. The lowest BCUT2D eigenvalue weighted by atomic mass is 9.77. The van der Waals surface area contributed by atoms with Crippen LogP contribution in [0.25, 0.3) is 0 Å². The number of carbonyl (C=O) groups excluding carboxylic acids is 5. The number of nitrogens with one attached hydrogen (secondary N) is 3. The molecule has 1 spiro atoms. The summed E-state index contributed by atoms with van der Waals surface area (Å²) in [7, 11) is 0. The van der Waals surface area contributed by atoms with Gasteiger partial charge >= 0.3 is 12.0 Å². The molecule has 0 aromatic heterocycles. The van der Waals surface area contributed by atoms with Crippen LogP contribution in [0.2, 0.25) is 0 Å². The molecule has 1 heterocycles. The zero-order valence-corrected chi connectivity index (χ0v) is 17.9. The maximum atomic E-state index is 13.6. The molecule has 1 aliphatic carbocycles. The molecule has 2 aliphatic rings. The van der Waals surface area contributed by atoms with Crippen molar-refractivity contribution in [2.24, 2.45) is 5.92 Å². The van der Waals surface area contributed by atoms with Gasteiger partial charge in [-0.25, -0.2) is 13.6 Å². The van der Waals surface area contributed by atoms with Crippen LogP contribution in [0.1, 0.15) is 49.4 Å². The minimum Gasteiger partial charge on any atom is -0.455 e. The Morgan fingerprint density at radius 3 is 2.58 bits per heavy atom. The van der Waals surface area contributed by atoms with Crippen molar-refractivity contribution in [3.8, 4) is 0 Å². The minimum absolute atomic E-state index is 0.218. The maximum Gasteiger partial charge on any atom is 0.344 e. The Morgan fingerprint density at radius 1 is 1.21 bits per heavy atom. The Morgan fingerprint density at radius 2 is 1.91 bits per heavy atom. The van der Waals surface area contributed by atoms with Crippen LogP contribution in [0.4, 0.5) is 13.6 Å². The second-order valence-electron chi connectivity index (χ2n) is 8.16. The standard InChI is InChI=1S/C21H24F2N4O6/c1-12-4-7-21(8-5-12)19(31)27(20(32)25-21)26-16(28)11-33-17(29)6-9-24-18(30)14-3-2-13(22)10-15(14)23/h2-3,10,12H,4-9,11H2,1H3,(H,24,30)(H,25,32)(H,26,28). The van der Waals surface area contributed by atoms with Crippen LogP contribution in [-0.4, -0.2) is 53.4 Å². The zero-order chi connectivity index (χ0) is 24.2. The van der Waals surface area contributed by atoms with E-state index >= 15 is 0 Å². The number of hydrogen-bond acceptors (Lipinski definition) is 6. The van der Waals surface area contributed by atoms with E-state index < -0.39 is 53.5 Å². The van der Waals surface area contributed by atoms with Gasteiger partial charge in [0.1, 0.15) is 17.2 Å². The van der Waals surface area contributed by atoms with E-state index in [2.05, 4.69) is 23.0 Å². The van der Waals surface area contributed by atoms with Crippen molar-refractivity contribution in [1.82, 2.24) is 21.1 Å². The molecule has 1 aliphatic heterocycles. The van der Waals surface area contributed by atoms with Crippen molar-refractivity contribution in [2.45, 2.75) is 44.6 Å². The molecule has 33 heavy (non-hydrogen) atoms. The lowest BCUT2D eigenvalue weighted by Gasteiger charge is -2.33. The predicted octanol–water partition coefficient (Wildman–Crippen LogP) is 1.16. The number of urea groups is 1. The van der Waals surface area contributed by atoms with Crippen LogP contribution < -0.4 is 16.1 Å². The number of benzene rings is 1. The Labute approximate surface area is 188 Å². The van der Waals surface area contributed by atoms with Crippen molar-refractivity contribution >= 4 is 29.7 Å². The summed E-state index contributed by atoms with van der Waals surface area (Å²) in [6.07, 6.45) is 2.18. The summed E-state index contributed by atoms with van der Waals surface area (Å²) in [6.45, 7) is 1.10. The molecular weight excluding hydrogens is 442 g/mol. The van der Waals surface area contributed by atoms with E-state index in [-0.39, 0.29) is 18.5 Å². The monoisotopic (exact) mass is 466 g/mol. The summed E-state index contributed by atoms with van der Waals surface area (Å²) in [5, 5.41) is 5.52. The Hall–Kier alpha value is -3.57. The number of rotatable bonds is 7. The van der Waals surface area contributed by atoms with Crippen LogP contribution in [-0.2, 0) is 19.1 Å². The van der Waals surface area contributed by atoms with E-state index in [1.165, 1.54) is 0 Å². The number of amides is 5. The number of nitrogens with zero attached hydrogens (tertiary/aromatic N) is 1. The molecule has 5 amide bonds. The van der Waals surface area contributed by atoms with Gasteiger partial charge in [-0.2, -0.15) is 5.01 Å². The fourth-order valence-electron chi connectivity index (χ4n) is 3.74. The van der Waals surface area contributed by atoms with E-state index in [1.54, 1.807) is 0 Å². The fourth-order valence-corrected chi connectivity index (χ4v) is 3.74. The third-order valence-electron chi connectivity index (χ3n) is 5.68. The van der Waals surface area contributed by atoms with Crippen LogP contribution in [0.5, 0.6) is 0 Å². The summed E-state index contributed by atoms with van der Waals surface area (Å²) >= 11 is 0. The smallest absolute Gasteiger partial charge is 0.344 e. The summed E-state index contributed by atoms with van der Waals surface area (Å²) in [4.78, 5) is 60.5. The number of hydrogen-bond donors (Lipinski definition) is 3. The molecule has 1 aromatic rings. The highest BCUT2D eigenvalue weighted by Crippen LogP contribution is 2.35. The van der Waals surface area contributed by atoms with Gasteiger partial charge in [0.2, 0.25) is 0 Å². The Kier molecular flexibility index (Phi) is 7.24. The summed E-state index contributed by atoms with van der Waals surface area (Å²) in [6, 6.07) is 1.71.